The summed E-state index contributed by atoms with van der Waals surface area (Å²) in [7, 11) is 1.44. The molecule has 2 rings (SSSR count). The largest absolute Gasteiger partial charge is 0.495 e. The fraction of sp³-hybridized carbons (Fsp3) is 0.133. The van der Waals surface area contributed by atoms with Gasteiger partial charge in [-0.1, -0.05) is 17.7 Å². The standard InChI is InChI=1S/C15H12ClNO4/c1-21-13-4-2-3-11(15(19)20)14(13)17-12-7-10(16)6-5-9(12)8-18/h2-7,12,17H,1H3,(H,19,20). The summed E-state index contributed by atoms with van der Waals surface area (Å²) in [6, 6.07) is 4.08. The Morgan fingerprint density at radius 1 is 1.43 bits per heavy atom. The maximum absolute atomic E-state index is 11.3. The number of carboxylic acids is 1. The van der Waals surface area contributed by atoms with E-state index in [-0.39, 0.29) is 11.3 Å². The monoisotopic (exact) mass is 305 g/mol. The van der Waals surface area contributed by atoms with Gasteiger partial charge in [0.1, 0.15) is 11.7 Å². The first kappa shape index (κ1) is 14.9. The van der Waals surface area contributed by atoms with Crippen LogP contribution < -0.4 is 10.1 Å². The zero-order chi connectivity index (χ0) is 15.4. The summed E-state index contributed by atoms with van der Waals surface area (Å²) in [5, 5.41) is 12.7. The normalized spacial score (nSPS) is 17.0. The lowest BCUT2D eigenvalue weighted by Crippen LogP contribution is -2.23. The lowest BCUT2D eigenvalue weighted by molar-refractivity contribution is 0.0697. The minimum absolute atomic E-state index is 0.0404. The number of hydrogen-bond acceptors (Lipinski definition) is 4. The Morgan fingerprint density at radius 2 is 2.19 bits per heavy atom. The Balaban J connectivity index is 2.45. The number of carboxylic acid groups (broad SMARTS) is 1. The molecule has 6 heteroatoms. The fourth-order valence-electron chi connectivity index (χ4n) is 1.98. The first-order valence-electron chi connectivity index (χ1n) is 6.04. The quantitative estimate of drug-likeness (QED) is 0.836. The Morgan fingerprint density at radius 3 is 2.81 bits per heavy atom. The maximum Gasteiger partial charge on any atom is 0.337 e. The van der Waals surface area contributed by atoms with Crippen LogP contribution in [-0.2, 0) is 4.79 Å². The number of allylic oxidation sites excluding steroid dienone is 2. The minimum Gasteiger partial charge on any atom is -0.495 e. The van der Waals surface area contributed by atoms with Crippen molar-refractivity contribution < 1.29 is 19.4 Å². The van der Waals surface area contributed by atoms with Gasteiger partial charge < -0.3 is 15.2 Å². The molecule has 5 nitrogen and oxygen atoms in total. The van der Waals surface area contributed by atoms with Crippen molar-refractivity contribution in [2.45, 2.75) is 6.04 Å². The SMILES string of the molecule is COc1cccc(C(=O)O)c1NC1C=C(Cl)C=CC1=C=O. The van der Waals surface area contributed by atoms with Gasteiger partial charge in [0, 0.05) is 5.03 Å². The van der Waals surface area contributed by atoms with E-state index in [9.17, 15) is 14.7 Å². The second-order valence-corrected chi connectivity index (χ2v) is 4.69. The van der Waals surface area contributed by atoms with Crippen molar-refractivity contribution >= 4 is 29.2 Å². The topological polar surface area (TPSA) is 75.6 Å². The van der Waals surface area contributed by atoms with E-state index >= 15 is 0 Å². The average molecular weight is 306 g/mol. The van der Waals surface area contributed by atoms with E-state index < -0.39 is 12.0 Å². The third-order valence-electron chi connectivity index (χ3n) is 2.98. The van der Waals surface area contributed by atoms with Crippen molar-refractivity contribution in [2.24, 2.45) is 0 Å². The van der Waals surface area contributed by atoms with E-state index in [1.807, 2.05) is 0 Å². The molecule has 1 atom stereocenters. The number of carbonyl (C=O) groups is 1. The molecule has 0 aliphatic heterocycles. The lowest BCUT2D eigenvalue weighted by atomic mass is 10.0. The number of anilines is 1. The fourth-order valence-corrected chi connectivity index (χ4v) is 2.17. The van der Waals surface area contributed by atoms with Crippen LogP contribution in [-0.4, -0.2) is 30.2 Å². The number of para-hydroxylation sites is 1. The molecule has 21 heavy (non-hydrogen) atoms. The maximum atomic E-state index is 11.3. The average Bonchev–Trinajstić information content (AvgIpc) is 2.47. The van der Waals surface area contributed by atoms with Crippen LogP contribution in [0.1, 0.15) is 10.4 Å². The molecule has 0 heterocycles. The Bertz CT molecular complexity index is 687. The number of rotatable bonds is 4. The molecule has 2 N–H and O–H groups in total. The highest BCUT2D eigenvalue weighted by atomic mass is 35.5. The second-order valence-electron chi connectivity index (χ2n) is 4.25. The van der Waals surface area contributed by atoms with Gasteiger partial charge in [0.2, 0.25) is 0 Å². The smallest absolute Gasteiger partial charge is 0.337 e. The summed E-state index contributed by atoms with van der Waals surface area (Å²) in [6.07, 6.45) is 4.70. The van der Waals surface area contributed by atoms with Gasteiger partial charge in [-0.2, -0.15) is 0 Å². The van der Waals surface area contributed by atoms with Crippen molar-refractivity contribution in [3.05, 3.63) is 52.6 Å². The van der Waals surface area contributed by atoms with Crippen molar-refractivity contribution in [1.29, 1.82) is 0 Å². The molecule has 0 aromatic heterocycles. The first-order valence-corrected chi connectivity index (χ1v) is 6.42. The van der Waals surface area contributed by atoms with E-state index in [0.717, 1.165) is 0 Å². The number of hydrogen-bond donors (Lipinski definition) is 2. The molecule has 0 spiro atoms. The molecule has 108 valence electrons. The number of benzene rings is 1. The number of halogens is 1. The van der Waals surface area contributed by atoms with Crippen LogP contribution in [0.4, 0.5) is 5.69 Å². The van der Waals surface area contributed by atoms with Gasteiger partial charge in [-0.25, -0.2) is 9.59 Å². The molecule has 0 radical (unpaired) electrons. The van der Waals surface area contributed by atoms with E-state index in [4.69, 9.17) is 16.3 Å². The minimum atomic E-state index is -1.10. The summed E-state index contributed by atoms with van der Waals surface area (Å²) >= 11 is 5.92. The van der Waals surface area contributed by atoms with Crippen molar-refractivity contribution in [2.75, 3.05) is 12.4 Å². The van der Waals surface area contributed by atoms with Gasteiger partial charge >= 0.3 is 5.97 Å². The van der Waals surface area contributed by atoms with E-state index in [2.05, 4.69) is 5.32 Å². The molecule has 0 saturated carbocycles. The van der Waals surface area contributed by atoms with Crippen LogP contribution in [0, 0.1) is 0 Å². The van der Waals surface area contributed by atoms with E-state index in [1.54, 1.807) is 30.2 Å². The van der Waals surface area contributed by atoms with Crippen LogP contribution in [0.2, 0.25) is 0 Å². The Labute approximate surface area is 126 Å². The van der Waals surface area contributed by atoms with Gasteiger partial charge in [0.25, 0.3) is 0 Å². The summed E-state index contributed by atoms with van der Waals surface area (Å²) in [5.74, 6) is 1.06. The highest BCUT2D eigenvalue weighted by Crippen LogP contribution is 2.31. The number of aromatic carboxylic acids is 1. The van der Waals surface area contributed by atoms with Gasteiger partial charge in [-0.05, 0) is 30.4 Å². The third-order valence-corrected chi connectivity index (χ3v) is 3.23. The van der Waals surface area contributed by atoms with Gasteiger partial charge in [0.05, 0.1) is 30.0 Å². The number of ether oxygens (including phenoxy) is 1. The number of carbonyl (C=O) groups excluding carboxylic acids is 1. The number of methoxy groups -OCH3 is 1. The van der Waals surface area contributed by atoms with Crippen molar-refractivity contribution in [1.82, 2.24) is 0 Å². The zero-order valence-electron chi connectivity index (χ0n) is 11.1. The molecule has 1 unspecified atom stereocenters. The van der Waals surface area contributed by atoms with Gasteiger partial charge in [0.15, 0.2) is 0 Å². The molecule has 1 aromatic rings. The lowest BCUT2D eigenvalue weighted by Gasteiger charge is -2.21. The predicted molar refractivity (Wildman–Crippen MR) is 79.6 cm³/mol. The van der Waals surface area contributed by atoms with Crippen LogP contribution >= 0.6 is 11.6 Å². The Hall–Kier alpha value is -2.49. The summed E-state index contributed by atoms with van der Waals surface area (Å²) in [5.41, 5.74) is 0.640. The van der Waals surface area contributed by atoms with E-state index in [1.165, 1.54) is 19.3 Å². The molecule has 0 amide bonds. The predicted octanol–water partition coefficient (Wildman–Crippen LogP) is 2.62. The summed E-state index contributed by atoms with van der Waals surface area (Å²) < 4.78 is 5.17. The van der Waals surface area contributed by atoms with Gasteiger partial charge in [-0.3, -0.25) is 0 Å². The molecule has 0 saturated heterocycles. The van der Waals surface area contributed by atoms with E-state index in [0.29, 0.717) is 16.4 Å². The molecular weight excluding hydrogens is 294 g/mol. The van der Waals surface area contributed by atoms with Crippen LogP contribution in [0.25, 0.3) is 0 Å². The molecule has 1 aliphatic rings. The van der Waals surface area contributed by atoms with Gasteiger partial charge in [-0.15, -0.1) is 0 Å². The molecule has 0 fully saturated rings. The molecular formula is C15H12ClNO4. The second kappa shape index (κ2) is 6.31. The highest BCUT2D eigenvalue weighted by Gasteiger charge is 2.21. The summed E-state index contributed by atoms with van der Waals surface area (Å²) in [4.78, 5) is 22.3. The van der Waals surface area contributed by atoms with Crippen molar-refractivity contribution in [3.8, 4) is 5.75 Å². The summed E-state index contributed by atoms with van der Waals surface area (Å²) in [6.45, 7) is 0. The van der Waals surface area contributed by atoms with Crippen LogP contribution in [0.15, 0.2) is 47.0 Å². The first-order chi connectivity index (χ1) is 10.1. The van der Waals surface area contributed by atoms with Crippen LogP contribution in [0.5, 0.6) is 5.75 Å². The Kier molecular flexibility index (Phi) is 4.48. The molecule has 0 bridgehead atoms. The van der Waals surface area contributed by atoms with Crippen LogP contribution in [0.3, 0.4) is 0 Å². The zero-order valence-corrected chi connectivity index (χ0v) is 11.8. The number of nitrogens with one attached hydrogen (secondary N) is 1. The highest BCUT2D eigenvalue weighted by molar-refractivity contribution is 6.31. The third kappa shape index (κ3) is 3.16. The molecule has 1 aromatic carbocycles. The van der Waals surface area contributed by atoms with Crippen molar-refractivity contribution in [3.63, 3.8) is 0 Å². The molecule has 1 aliphatic carbocycles.